The second-order valence-corrected chi connectivity index (χ2v) is 8.75. The number of aryl methyl sites for hydroxylation is 1. The van der Waals surface area contributed by atoms with Gasteiger partial charge in [0.05, 0.1) is 24.9 Å². The molecular weight excluding hydrogens is 495 g/mol. The van der Waals surface area contributed by atoms with Gasteiger partial charge in [-0.3, -0.25) is 14.4 Å². The van der Waals surface area contributed by atoms with Gasteiger partial charge in [-0.05, 0) is 61.1 Å². The van der Waals surface area contributed by atoms with Gasteiger partial charge in [0.15, 0.2) is 5.11 Å². The molecule has 0 radical (unpaired) electrons. The van der Waals surface area contributed by atoms with Crippen molar-refractivity contribution in [3.05, 3.63) is 81.2 Å². The highest BCUT2D eigenvalue weighted by Gasteiger charge is 2.31. The van der Waals surface area contributed by atoms with Gasteiger partial charge in [-0.2, -0.15) is 5.10 Å². The molecule has 4 rings (SSSR count). The molecule has 0 unspecified atom stereocenters. The number of rotatable bonds is 8. The van der Waals surface area contributed by atoms with Crippen LogP contribution < -0.4 is 14.8 Å². The van der Waals surface area contributed by atoms with Gasteiger partial charge in [0.1, 0.15) is 23.8 Å². The van der Waals surface area contributed by atoms with Gasteiger partial charge in [-0.15, -0.1) is 0 Å². The van der Waals surface area contributed by atoms with Crippen molar-refractivity contribution in [3.8, 4) is 11.5 Å². The van der Waals surface area contributed by atoms with E-state index in [0.29, 0.717) is 38.9 Å². The van der Waals surface area contributed by atoms with E-state index in [2.05, 4.69) is 10.4 Å². The van der Waals surface area contributed by atoms with Gasteiger partial charge in [0.25, 0.3) is 5.91 Å². The van der Waals surface area contributed by atoms with Crippen LogP contribution in [0.1, 0.15) is 23.6 Å². The smallest absolute Gasteiger partial charge is 0.276 e. The minimum Gasteiger partial charge on any atom is -0.496 e. The van der Waals surface area contributed by atoms with Crippen LogP contribution in [0.25, 0.3) is 6.08 Å². The highest BCUT2D eigenvalue weighted by molar-refractivity contribution is 7.80. The molecule has 0 spiro atoms. The molecule has 3 aromatic rings. The maximum Gasteiger partial charge on any atom is 0.276 e. The Morgan fingerprint density at radius 2 is 1.97 bits per heavy atom. The van der Waals surface area contributed by atoms with Crippen molar-refractivity contribution in [1.82, 2.24) is 20.0 Å². The first-order chi connectivity index (χ1) is 16.4. The summed E-state index contributed by atoms with van der Waals surface area (Å²) in [6, 6.07) is 10.6. The minimum absolute atomic E-state index is 0.198. The van der Waals surface area contributed by atoms with Gasteiger partial charge in [0.2, 0.25) is 0 Å². The molecule has 10 heteroatoms. The number of ether oxygens (including phenoxy) is 2. The second kappa shape index (κ2) is 10.5. The number of nitrogens with one attached hydrogen (secondary N) is 1. The Balaban J connectivity index is 1.51. The molecule has 1 aliphatic rings. The molecule has 0 saturated carbocycles. The Bertz CT molecular complexity index is 1270. The lowest BCUT2D eigenvalue weighted by molar-refractivity contribution is -0.122. The first kappa shape index (κ1) is 24.1. The number of hydrogen-bond donors (Lipinski definition) is 1. The summed E-state index contributed by atoms with van der Waals surface area (Å²) in [4.78, 5) is 14.5. The molecule has 1 amide bonds. The van der Waals surface area contributed by atoms with Crippen molar-refractivity contribution in [2.45, 2.75) is 26.6 Å². The third-order valence-corrected chi connectivity index (χ3v) is 6.06. The number of benzene rings is 2. The number of carbonyl (C=O) groups is 1. The van der Waals surface area contributed by atoms with Crippen molar-refractivity contribution in [2.75, 3.05) is 7.11 Å². The highest BCUT2D eigenvalue weighted by atomic mass is 35.5. The molecule has 0 atom stereocenters. The number of carbonyl (C=O) groups excluding carboxylic acids is 1. The van der Waals surface area contributed by atoms with Crippen molar-refractivity contribution in [2.24, 2.45) is 0 Å². The molecular formula is C24H22Cl2N4O3S. The topological polar surface area (TPSA) is 68.6 Å². The van der Waals surface area contributed by atoms with Crippen LogP contribution in [0.2, 0.25) is 10.0 Å². The Morgan fingerprint density at radius 1 is 1.18 bits per heavy atom. The molecule has 1 aliphatic heterocycles. The highest BCUT2D eigenvalue weighted by Crippen LogP contribution is 2.30. The first-order valence-corrected chi connectivity index (χ1v) is 11.6. The molecule has 1 fully saturated rings. The summed E-state index contributed by atoms with van der Waals surface area (Å²) in [5.41, 5.74) is 2.89. The Kier molecular flexibility index (Phi) is 7.41. The summed E-state index contributed by atoms with van der Waals surface area (Å²) in [6.45, 7) is 3.33. The standard InChI is InChI=1S/C24H22Cl2N4O3S/c1-3-29-12-16(11-27-29)13-30-23(31)20(28-24(30)34)9-15-4-6-21(32-2)17(8-15)14-33-22-7-5-18(25)10-19(22)26/h4-12H,3,13-14H2,1-2H3,(H,28,34)/b20-9+. The molecule has 34 heavy (non-hydrogen) atoms. The number of nitrogens with zero attached hydrogens (tertiary/aromatic N) is 3. The number of aromatic nitrogens is 2. The predicted octanol–water partition coefficient (Wildman–Crippen LogP) is 5.06. The van der Waals surface area contributed by atoms with Crippen molar-refractivity contribution in [3.63, 3.8) is 0 Å². The van der Waals surface area contributed by atoms with E-state index in [1.165, 1.54) is 4.90 Å². The zero-order valence-electron chi connectivity index (χ0n) is 18.5. The van der Waals surface area contributed by atoms with Crippen LogP contribution >= 0.6 is 35.4 Å². The van der Waals surface area contributed by atoms with Gasteiger partial charge < -0.3 is 14.8 Å². The van der Waals surface area contributed by atoms with Crippen molar-refractivity contribution in [1.29, 1.82) is 0 Å². The molecule has 1 saturated heterocycles. The van der Waals surface area contributed by atoms with E-state index in [9.17, 15) is 4.79 Å². The molecule has 7 nitrogen and oxygen atoms in total. The Labute approximate surface area is 212 Å². The average Bonchev–Trinajstić information content (AvgIpc) is 3.38. The summed E-state index contributed by atoms with van der Waals surface area (Å²) < 4.78 is 13.1. The third-order valence-electron chi connectivity index (χ3n) is 5.21. The lowest BCUT2D eigenvalue weighted by Crippen LogP contribution is -2.29. The van der Waals surface area contributed by atoms with Crippen molar-refractivity contribution < 1.29 is 14.3 Å². The summed E-state index contributed by atoms with van der Waals surface area (Å²) in [7, 11) is 1.59. The number of hydrogen-bond acceptors (Lipinski definition) is 5. The maximum absolute atomic E-state index is 13.0. The normalized spacial score (nSPS) is 14.6. The van der Waals surface area contributed by atoms with Crippen LogP contribution in [0.4, 0.5) is 0 Å². The van der Waals surface area contributed by atoms with E-state index in [1.54, 1.807) is 42.3 Å². The molecule has 0 bridgehead atoms. The summed E-state index contributed by atoms with van der Waals surface area (Å²) in [5.74, 6) is 0.968. The lowest BCUT2D eigenvalue weighted by atomic mass is 10.1. The monoisotopic (exact) mass is 516 g/mol. The predicted molar refractivity (Wildman–Crippen MR) is 136 cm³/mol. The average molecular weight is 517 g/mol. The molecule has 2 heterocycles. The van der Waals surface area contributed by atoms with Crippen LogP contribution in [-0.2, 0) is 24.5 Å². The number of methoxy groups -OCH3 is 1. The van der Waals surface area contributed by atoms with Crippen LogP contribution in [0.5, 0.6) is 11.5 Å². The SMILES string of the molecule is CCn1cc(CN2C(=O)/C(=C\c3ccc(OC)c(COc4ccc(Cl)cc4Cl)c3)NC2=S)cn1. The van der Waals surface area contributed by atoms with Gasteiger partial charge >= 0.3 is 0 Å². The number of thiocarbonyl (C=S) groups is 1. The summed E-state index contributed by atoms with van der Waals surface area (Å²) in [6.07, 6.45) is 5.40. The number of amides is 1. The van der Waals surface area contributed by atoms with E-state index in [4.69, 9.17) is 44.9 Å². The van der Waals surface area contributed by atoms with E-state index >= 15 is 0 Å². The fraction of sp³-hybridized carbons (Fsp3) is 0.208. The van der Waals surface area contributed by atoms with E-state index in [1.807, 2.05) is 31.3 Å². The number of halogens is 2. The minimum atomic E-state index is -0.198. The third kappa shape index (κ3) is 5.35. The van der Waals surface area contributed by atoms with Crippen LogP contribution in [0, 0.1) is 0 Å². The van der Waals surface area contributed by atoms with E-state index in [0.717, 1.165) is 23.2 Å². The van der Waals surface area contributed by atoms with Gasteiger partial charge in [-0.1, -0.05) is 29.3 Å². The molecule has 2 aromatic carbocycles. The molecule has 0 aliphatic carbocycles. The molecule has 176 valence electrons. The van der Waals surface area contributed by atoms with Gasteiger partial charge in [0, 0.05) is 28.9 Å². The fourth-order valence-corrected chi connectivity index (χ4v) is 4.19. The Morgan fingerprint density at radius 3 is 2.68 bits per heavy atom. The second-order valence-electron chi connectivity index (χ2n) is 7.52. The van der Waals surface area contributed by atoms with E-state index < -0.39 is 0 Å². The molecule has 1 N–H and O–H groups in total. The zero-order valence-corrected chi connectivity index (χ0v) is 20.9. The van der Waals surface area contributed by atoms with Crippen molar-refractivity contribution >= 4 is 52.5 Å². The summed E-state index contributed by atoms with van der Waals surface area (Å²) in [5, 5.41) is 8.57. The molecule has 1 aromatic heterocycles. The fourth-order valence-electron chi connectivity index (χ4n) is 3.47. The van der Waals surface area contributed by atoms with Gasteiger partial charge in [-0.25, -0.2) is 0 Å². The van der Waals surface area contributed by atoms with Crippen LogP contribution in [-0.4, -0.2) is 32.8 Å². The maximum atomic E-state index is 13.0. The quantitative estimate of drug-likeness (QED) is 0.333. The van der Waals surface area contributed by atoms with Crippen LogP contribution in [0.15, 0.2) is 54.5 Å². The lowest BCUT2D eigenvalue weighted by Gasteiger charge is -2.13. The zero-order chi connectivity index (χ0) is 24.2. The van der Waals surface area contributed by atoms with E-state index in [-0.39, 0.29) is 12.5 Å². The van der Waals surface area contributed by atoms with Crippen LogP contribution in [0.3, 0.4) is 0 Å². The first-order valence-electron chi connectivity index (χ1n) is 10.5. The summed E-state index contributed by atoms with van der Waals surface area (Å²) >= 11 is 17.6. The Hall–Kier alpha value is -3.07. The largest absolute Gasteiger partial charge is 0.496 e.